The summed E-state index contributed by atoms with van der Waals surface area (Å²) >= 11 is 3.32. The Labute approximate surface area is 113 Å². The first-order chi connectivity index (χ1) is 8.66. The van der Waals surface area contributed by atoms with Gasteiger partial charge in [0.15, 0.2) is 0 Å². The Bertz CT molecular complexity index is 564. The van der Waals surface area contributed by atoms with Gasteiger partial charge in [0.2, 0.25) is 0 Å². The number of nitrogens with one attached hydrogen (secondary N) is 2. The Hall–Kier alpha value is -1.94. The van der Waals surface area contributed by atoms with Gasteiger partial charge in [-0.2, -0.15) is 0 Å². The minimum Gasteiger partial charge on any atom is -0.307 e. The Morgan fingerprint density at radius 3 is 2.17 bits per heavy atom. The number of hydrogen-bond acceptors (Lipinski definition) is 2. The van der Waals surface area contributed by atoms with E-state index in [0.717, 1.165) is 4.47 Å². The van der Waals surface area contributed by atoms with E-state index in [1.165, 1.54) is 0 Å². The monoisotopic (exact) mass is 302 g/mol. The van der Waals surface area contributed by atoms with Crippen LogP contribution in [-0.2, 0) is 0 Å². The zero-order valence-electron chi connectivity index (χ0n) is 9.48. The van der Waals surface area contributed by atoms with Crippen molar-refractivity contribution >= 4 is 27.7 Å². The summed E-state index contributed by atoms with van der Waals surface area (Å²) in [5.74, 6) is -0.181. The van der Waals surface area contributed by atoms with Crippen LogP contribution in [0, 0.1) is 5.41 Å². The van der Waals surface area contributed by atoms with Crippen molar-refractivity contribution in [1.29, 1.82) is 5.41 Å². The molecule has 1 amide bonds. The van der Waals surface area contributed by atoms with Crippen LogP contribution in [0.15, 0.2) is 59.1 Å². The molecule has 2 aromatic carbocycles. The van der Waals surface area contributed by atoms with Gasteiger partial charge in [-0.1, -0.05) is 46.3 Å². The second-order valence-corrected chi connectivity index (χ2v) is 4.62. The molecule has 0 fully saturated rings. The molecule has 0 atom stereocenters. The number of amidine groups is 1. The second-order valence-electron chi connectivity index (χ2n) is 3.70. The molecular weight excluding hydrogens is 292 g/mol. The summed E-state index contributed by atoms with van der Waals surface area (Å²) in [7, 11) is 0. The van der Waals surface area contributed by atoms with Crippen LogP contribution in [0.1, 0.15) is 15.9 Å². The van der Waals surface area contributed by atoms with Crippen molar-refractivity contribution in [3.8, 4) is 0 Å². The Morgan fingerprint density at radius 1 is 0.944 bits per heavy atom. The van der Waals surface area contributed by atoms with Gasteiger partial charge in [-0.25, -0.2) is 0 Å². The summed E-state index contributed by atoms with van der Waals surface area (Å²) in [5, 5.41) is 10.4. The first-order valence-corrected chi connectivity index (χ1v) is 6.17. The largest absolute Gasteiger partial charge is 0.307 e. The molecule has 0 unspecified atom stereocenters. The third kappa shape index (κ3) is 3.05. The van der Waals surface area contributed by atoms with Crippen molar-refractivity contribution < 1.29 is 4.79 Å². The van der Waals surface area contributed by atoms with Crippen molar-refractivity contribution in [2.24, 2.45) is 0 Å². The highest BCUT2D eigenvalue weighted by Gasteiger charge is 2.08. The first-order valence-electron chi connectivity index (χ1n) is 5.38. The number of hydrogen-bond donors (Lipinski definition) is 2. The standard InChI is InChI=1S/C14H11BrN2O/c15-12-8-6-10(7-9-12)13(16)17-14(18)11-4-2-1-3-5-11/h1-9H,(H2,16,17,18). The molecule has 0 radical (unpaired) electrons. The van der Waals surface area contributed by atoms with Crippen LogP contribution >= 0.6 is 15.9 Å². The van der Waals surface area contributed by atoms with Crippen LogP contribution in [-0.4, -0.2) is 11.7 Å². The minimum absolute atomic E-state index is 0.0938. The lowest BCUT2D eigenvalue weighted by molar-refractivity contribution is 0.0977. The summed E-state index contributed by atoms with van der Waals surface area (Å²) < 4.78 is 0.938. The molecule has 4 heteroatoms. The molecule has 0 spiro atoms. The van der Waals surface area contributed by atoms with Gasteiger partial charge in [0.25, 0.3) is 5.91 Å². The van der Waals surface area contributed by atoms with E-state index in [9.17, 15) is 4.79 Å². The Balaban J connectivity index is 2.08. The zero-order valence-corrected chi connectivity index (χ0v) is 11.1. The molecule has 90 valence electrons. The zero-order chi connectivity index (χ0) is 13.0. The van der Waals surface area contributed by atoms with E-state index in [1.807, 2.05) is 18.2 Å². The second kappa shape index (κ2) is 5.60. The Morgan fingerprint density at radius 2 is 1.56 bits per heavy atom. The maximum absolute atomic E-state index is 11.8. The van der Waals surface area contributed by atoms with Crippen molar-refractivity contribution in [2.45, 2.75) is 0 Å². The van der Waals surface area contributed by atoms with Crippen LogP contribution < -0.4 is 5.32 Å². The van der Waals surface area contributed by atoms with Gasteiger partial charge in [0.05, 0.1) is 0 Å². The van der Waals surface area contributed by atoms with Gasteiger partial charge in [-0.3, -0.25) is 10.2 Å². The highest BCUT2D eigenvalue weighted by molar-refractivity contribution is 9.10. The van der Waals surface area contributed by atoms with Gasteiger partial charge in [-0.15, -0.1) is 0 Å². The quantitative estimate of drug-likeness (QED) is 0.649. The first kappa shape index (κ1) is 12.5. The molecule has 18 heavy (non-hydrogen) atoms. The molecule has 2 rings (SSSR count). The van der Waals surface area contributed by atoms with Crippen LogP contribution in [0.5, 0.6) is 0 Å². The summed E-state index contributed by atoms with van der Waals surface area (Å²) in [4.78, 5) is 11.8. The minimum atomic E-state index is -0.275. The maximum atomic E-state index is 11.8. The summed E-state index contributed by atoms with van der Waals surface area (Å²) in [6.07, 6.45) is 0. The van der Waals surface area contributed by atoms with Gasteiger partial charge in [0.1, 0.15) is 5.84 Å². The number of amides is 1. The van der Waals surface area contributed by atoms with Crippen LogP contribution in [0.3, 0.4) is 0 Å². The summed E-state index contributed by atoms with van der Waals surface area (Å²) in [6.45, 7) is 0. The van der Waals surface area contributed by atoms with Gasteiger partial charge in [0, 0.05) is 15.6 Å². The molecule has 0 bridgehead atoms. The van der Waals surface area contributed by atoms with E-state index in [4.69, 9.17) is 5.41 Å². The summed E-state index contributed by atoms with van der Waals surface area (Å²) in [5.41, 5.74) is 1.21. The topological polar surface area (TPSA) is 53.0 Å². The van der Waals surface area contributed by atoms with Crippen LogP contribution in [0.2, 0.25) is 0 Å². The van der Waals surface area contributed by atoms with Crippen molar-refractivity contribution in [2.75, 3.05) is 0 Å². The number of benzene rings is 2. The smallest absolute Gasteiger partial charge is 0.256 e. The Kier molecular flexibility index (Phi) is 3.89. The lowest BCUT2D eigenvalue weighted by Crippen LogP contribution is -2.30. The SMILES string of the molecule is N=C(NC(=O)c1ccccc1)c1ccc(Br)cc1. The molecule has 0 aliphatic heterocycles. The van der Waals surface area contributed by atoms with Gasteiger partial charge < -0.3 is 5.32 Å². The average molecular weight is 303 g/mol. The van der Waals surface area contributed by atoms with E-state index in [0.29, 0.717) is 11.1 Å². The number of carbonyl (C=O) groups is 1. The molecule has 3 nitrogen and oxygen atoms in total. The van der Waals surface area contributed by atoms with E-state index in [2.05, 4.69) is 21.2 Å². The van der Waals surface area contributed by atoms with E-state index >= 15 is 0 Å². The number of halogens is 1. The highest BCUT2D eigenvalue weighted by atomic mass is 79.9. The molecule has 2 N–H and O–H groups in total. The van der Waals surface area contributed by atoms with E-state index < -0.39 is 0 Å². The number of carbonyl (C=O) groups excluding carboxylic acids is 1. The van der Waals surface area contributed by atoms with Crippen molar-refractivity contribution in [1.82, 2.24) is 5.32 Å². The molecule has 0 aliphatic carbocycles. The normalized spacial score (nSPS) is 9.83. The fourth-order valence-corrected chi connectivity index (χ4v) is 1.73. The third-order valence-corrected chi connectivity index (χ3v) is 2.94. The predicted octanol–water partition coefficient (Wildman–Crippen LogP) is 3.20. The fourth-order valence-electron chi connectivity index (χ4n) is 1.46. The van der Waals surface area contributed by atoms with E-state index in [1.54, 1.807) is 36.4 Å². The molecule has 0 saturated heterocycles. The number of rotatable bonds is 2. The molecule has 0 aromatic heterocycles. The fraction of sp³-hybridized carbons (Fsp3) is 0. The third-order valence-electron chi connectivity index (χ3n) is 2.41. The predicted molar refractivity (Wildman–Crippen MR) is 74.9 cm³/mol. The maximum Gasteiger partial charge on any atom is 0.256 e. The summed E-state index contributed by atoms with van der Waals surface area (Å²) in [6, 6.07) is 16.1. The van der Waals surface area contributed by atoms with Crippen LogP contribution in [0.25, 0.3) is 0 Å². The molecular formula is C14H11BrN2O. The lowest BCUT2D eigenvalue weighted by Gasteiger charge is -2.06. The average Bonchev–Trinajstić information content (AvgIpc) is 2.40. The highest BCUT2D eigenvalue weighted by Crippen LogP contribution is 2.10. The lowest BCUT2D eigenvalue weighted by atomic mass is 10.2. The van der Waals surface area contributed by atoms with Crippen molar-refractivity contribution in [3.63, 3.8) is 0 Å². The van der Waals surface area contributed by atoms with Gasteiger partial charge >= 0.3 is 0 Å². The molecule has 0 saturated carbocycles. The molecule has 0 heterocycles. The molecule has 0 aliphatic rings. The van der Waals surface area contributed by atoms with Gasteiger partial charge in [-0.05, 0) is 24.3 Å². The van der Waals surface area contributed by atoms with Crippen molar-refractivity contribution in [3.05, 3.63) is 70.2 Å². The van der Waals surface area contributed by atoms with E-state index in [-0.39, 0.29) is 11.7 Å². The molecule has 2 aromatic rings. The van der Waals surface area contributed by atoms with Crippen LogP contribution in [0.4, 0.5) is 0 Å².